The van der Waals surface area contributed by atoms with Crippen molar-refractivity contribution in [1.82, 2.24) is 29.0 Å². The molecule has 0 unspecified atom stereocenters. The van der Waals surface area contributed by atoms with E-state index < -0.39 is 0 Å². The van der Waals surface area contributed by atoms with E-state index in [1.54, 1.807) is 0 Å². The first kappa shape index (κ1) is 23.1. The van der Waals surface area contributed by atoms with Gasteiger partial charge in [0.2, 0.25) is 11.8 Å². The van der Waals surface area contributed by atoms with Gasteiger partial charge >= 0.3 is 0 Å². The summed E-state index contributed by atoms with van der Waals surface area (Å²) in [5, 5.41) is 8.82. The van der Waals surface area contributed by atoms with Crippen LogP contribution in [0.3, 0.4) is 0 Å². The summed E-state index contributed by atoms with van der Waals surface area (Å²) in [5.74, 6) is 1.15. The average molecular weight is 500 g/mol. The topological polar surface area (TPSA) is 99.5 Å². The van der Waals surface area contributed by atoms with Gasteiger partial charge in [0.05, 0.1) is 42.2 Å². The van der Waals surface area contributed by atoms with E-state index in [9.17, 15) is 0 Å². The molecule has 0 spiro atoms. The smallest absolute Gasteiger partial charge is 0.232 e. The predicted molar refractivity (Wildman–Crippen MR) is 134 cm³/mol. The number of morpholine rings is 1. The quantitative estimate of drug-likeness (QED) is 0.544. The fourth-order valence-corrected chi connectivity index (χ4v) is 6.17. The van der Waals surface area contributed by atoms with Crippen LogP contribution in [0.1, 0.15) is 50.3 Å². The van der Waals surface area contributed by atoms with Gasteiger partial charge in [0.25, 0.3) is 0 Å². The summed E-state index contributed by atoms with van der Waals surface area (Å²) in [7, 11) is 0. The molecule has 3 fully saturated rings. The van der Waals surface area contributed by atoms with Gasteiger partial charge in [-0.2, -0.15) is 19.4 Å². The number of nitrogens with one attached hydrogen (secondary N) is 1. The summed E-state index contributed by atoms with van der Waals surface area (Å²) < 4.78 is 24.1. The van der Waals surface area contributed by atoms with Crippen molar-refractivity contribution in [2.45, 2.75) is 63.6 Å². The van der Waals surface area contributed by atoms with Crippen molar-refractivity contribution in [1.29, 1.82) is 0 Å². The van der Waals surface area contributed by atoms with E-state index in [4.69, 9.17) is 24.2 Å². The Labute approximate surface area is 209 Å². The average Bonchev–Trinajstić information content (AvgIpc) is 3.52. The molecular formula is C24H33N7O3S. The minimum absolute atomic E-state index is 0.161. The molecule has 0 aromatic carbocycles. The zero-order valence-corrected chi connectivity index (χ0v) is 21.0. The van der Waals surface area contributed by atoms with Crippen molar-refractivity contribution < 1.29 is 14.2 Å². The highest BCUT2D eigenvalue weighted by Gasteiger charge is 2.29. The molecule has 0 atom stereocenters. The first-order valence-electron chi connectivity index (χ1n) is 12.7. The van der Waals surface area contributed by atoms with E-state index in [0.29, 0.717) is 23.9 Å². The molecule has 35 heavy (non-hydrogen) atoms. The summed E-state index contributed by atoms with van der Waals surface area (Å²) >= 11 is 1.39. The van der Waals surface area contributed by atoms with Gasteiger partial charge in [0, 0.05) is 38.5 Å². The summed E-state index contributed by atoms with van der Waals surface area (Å²) in [6.45, 7) is 7.35. The Morgan fingerprint density at radius 3 is 2.54 bits per heavy atom. The van der Waals surface area contributed by atoms with Crippen LogP contribution in [0.5, 0.6) is 5.88 Å². The third-order valence-electron chi connectivity index (χ3n) is 7.38. The number of aromatic nitrogens is 5. The zero-order valence-electron chi connectivity index (χ0n) is 20.2. The van der Waals surface area contributed by atoms with Gasteiger partial charge in [-0.05, 0) is 57.0 Å². The Hall–Kier alpha value is -2.34. The summed E-state index contributed by atoms with van der Waals surface area (Å²) in [5.41, 5.74) is 1.79. The van der Waals surface area contributed by atoms with Crippen LogP contribution in [0.15, 0.2) is 12.4 Å². The van der Waals surface area contributed by atoms with Crippen LogP contribution in [-0.2, 0) is 9.47 Å². The van der Waals surface area contributed by atoms with Crippen molar-refractivity contribution >= 4 is 33.4 Å². The predicted octanol–water partition coefficient (Wildman–Crippen LogP) is 3.71. The van der Waals surface area contributed by atoms with Gasteiger partial charge in [0.15, 0.2) is 4.83 Å². The number of hydrogen-bond acceptors (Lipinski definition) is 10. The second-order valence-electron chi connectivity index (χ2n) is 9.67. The van der Waals surface area contributed by atoms with Gasteiger partial charge in [-0.15, -0.1) is 0 Å². The van der Waals surface area contributed by atoms with E-state index in [2.05, 4.69) is 19.7 Å². The van der Waals surface area contributed by atoms with Crippen molar-refractivity contribution in [3.63, 3.8) is 0 Å². The van der Waals surface area contributed by atoms with E-state index in [0.717, 1.165) is 99.6 Å². The van der Waals surface area contributed by atoms with Crippen molar-refractivity contribution in [2.24, 2.45) is 0 Å². The lowest BCUT2D eigenvalue weighted by Crippen LogP contribution is -2.46. The Bertz CT molecular complexity index is 1130. The molecule has 6 rings (SSSR count). The number of hydrogen-bond donors (Lipinski definition) is 1. The third-order valence-corrected chi connectivity index (χ3v) is 8.21. The highest BCUT2D eigenvalue weighted by atomic mass is 32.1. The zero-order chi connectivity index (χ0) is 23.6. The van der Waals surface area contributed by atoms with Crippen LogP contribution in [-0.4, -0.2) is 80.7 Å². The minimum Gasteiger partial charge on any atom is -0.474 e. The van der Waals surface area contributed by atoms with Crippen molar-refractivity contribution in [2.75, 3.05) is 44.8 Å². The lowest BCUT2D eigenvalue weighted by atomic mass is 9.91. The molecule has 3 aromatic rings. The first-order chi connectivity index (χ1) is 17.2. The summed E-state index contributed by atoms with van der Waals surface area (Å²) in [6, 6.07) is 1.01. The minimum atomic E-state index is 0.161. The van der Waals surface area contributed by atoms with Crippen molar-refractivity contribution in [3.05, 3.63) is 18.1 Å². The second-order valence-corrected chi connectivity index (χ2v) is 10.4. The van der Waals surface area contributed by atoms with Crippen LogP contribution in [0.25, 0.3) is 10.2 Å². The third kappa shape index (κ3) is 5.13. The van der Waals surface area contributed by atoms with E-state index in [1.165, 1.54) is 11.5 Å². The van der Waals surface area contributed by atoms with E-state index >= 15 is 0 Å². The lowest BCUT2D eigenvalue weighted by Gasteiger charge is -2.38. The highest BCUT2D eigenvalue weighted by Crippen LogP contribution is 2.34. The number of anilines is 2. The van der Waals surface area contributed by atoms with Crippen LogP contribution in [0.2, 0.25) is 0 Å². The molecule has 2 saturated heterocycles. The molecule has 0 bridgehead atoms. The van der Waals surface area contributed by atoms with Crippen LogP contribution in [0, 0.1) is 6.92 Å². The molecule has 0 radical (unpaired) electrons. The number of fused-ring (bicyclic) bond motifs is 1. The molecule has 11 heteroatoms. The molecule has 188 valence electrons. The molecule has 5 heterocycles. The monoisotopic (exact) mass is 499 g/mol. The van der Waals surface area contributed by atoms with Gasteiger partial charge < -0.3 is 19.5 Å². The summed E-state index contributed by atoms with van der Waals surface area (Å²) in [6.07, 6.45) is 10.3. The Balaban J connectivity index is 1.15. The molecular weight excluding hydrogens is 466 g/mol. The van der Waals surface area contributed by atoms with Gasteiger partial charge in [0.1, 0.15) is 6.10 Å². The van der Waals surface area contributed by atoms with Crippen LogP contribution in [0.4, 0.5) is 11.6 Å². The molecule has 0 amide bonds. The Kier molecular flexibility index (Phi) is 6.82. The van der Waals surface area contributed by atoms with Crippen molar-refractivity contribution in [3.8, 4) is 5.88 Å². The van der Waals surface area contributed by atoms with E-state index in [1.807, 2.05) is 24.0 Å². The molecule has 1 saturated carbocycles. The maximum absolute atomic E-state index is 6.52. The highest BCUT2D eigenvalue weighted by molar-refractivity contribution is 7.13. The SMILES string of the molecule is Cc1nsc2nc(Nc3cnn(C4CCOCC4)c3)nc(O[C@H]3CC[C@H](N4CCOCC4)CC3)c12. The lowest BCUT2D eigenvalue weighted by molar-refractivity contribution is -0.00124. The van der Waals surface area contributed by atoms with E-state index in [-0.39, 0.29) is 6.10 Å². The largest absolute Gasteiger partial charge is 0.474 e. The molecule has 1 aliphatic carbocycles. The normalized spacial score (nSPS) is 24.6. The molecule has 3 aliphatic rings. The Morgan fingerprint density at radius 1 is 0.971 bits per heavy atom. The van der Waals surface area contributed by atoms with Gasteiger partial charge in [-0.1, -0.05) is 0 Å². The van der Waals surface area contributed by atoms with Crippen LogP contribution < -0.4 is 10.1 Å². The standard InChI is InChI=1S/C24H33N7O3S/c1-16-21-22(34-20-4-2-18(3-5-20)30-8-12-33-13-9-30)27-24(28-23(21)35-29-16)26-17-14-25-31(15-17)19-6-10-32-11-7-19/h14-15,18-20H,2-13H2,1H3,(H,26,27,28)/t18-,20-. The molecule has 10 nitrogen and oxygen atoms in total. The van der Waals surface area contributed by atoms with Gasteiger partial charge in [-0.25, -0.2) is 0 Å². The number of rotatable bonds is 6. The number of aryl methyl sites for hydroxylation is 1. The maximum atomic E-state index is 6.52. The second kappa shape index (κ2) is 10.3. The maximum Gasteiger partial charge on any atom is 0.232 e. The molecule has 2 aliphatic heterocycles. The summed E-state index contributed by atoms with van der Waals surface area (Å²) in [4.78, 5) is 12.9. The van der Waals surface area contributed by atoms with Crippen LogP contribution >= 0.6 is 11.5 Å². The first-order valence-corrected chi connectivity index (χ1v) is 13.5. The molecule has 1 N–H and O–H groups in total. The Morgan fingerprint density at radius 2 is 1.74 bits per heavy atom. The molecule has 3 aromatic heterocycles. The fourth-order valence-electron chi connectivity index (χ4n) is 5.40. The van der Waals surface area contributed by atoms with Gasteiger partial charge in [-0.3, -0.25) is 9.58 Å². The fraction of sp³-hybridized carbons (Fsp3) is 0.667. The number of ether oxygens (including phenoxy) is 3. The number of nitrogens with zero attached hydrogens (tertiary/aromatic N) is 6.